The summed E-state index contributed by atoms with van der Waals surface area (Å²) in [7, 11) is 0. The van der Waals surface area contributed by atoms with Gasteiger partial charge in [-0.15, -0.1) is 0 Å². The van der Waals surface area contributed by atoms with Gasteiger partial charge in [-0.25, -0.2) is 0 Å². The normalized spacial score (nSPS) is 14.1. The Hall–Kier alpha value is -3.79. The molecule has 3 amide bonds. The Kier molecular flexibility index (Phi) is 10.1. The molecular weight excluding hydrogens is 496 g/mol. The number of carbonyl (C=O) groups excluding carboxylic acids is 4. The summed E-state index contributed by atoms with van der Waals surface area (Å²) in [4.78, 5) is 50.3. The Morgan fingerprint density at radius 2 is 1.78 bits per heavy atom. The van der Waals surface area contributed by atoms with Crippen LogP contribution in [-0.2, 0) is 19.1 Å². The fourth-order valence-electron chi connectivity index (χ4n) is 3.27. The van der Waals surface area contributed by atoms with E-state index in [9.17, 15) is 19.2 Å². The van der Waals surface area contributed by atoms with E-state index in [1.54, 1.807) is 24.3 Å². The highest BCUT2D eigenvalue weighted by Gasteiger charge is 2.36. The van der Waals surface area contributed by atoms with Gasteiger partial charge in [0.2, 0.25) is 0 Å². The Labute approximate surface area is 220 Å². The van der Waals surface area contributed by atoms with Gasteiger partial charge in [0.05, 0.1) is 18.1 Å². The summed E-state index contributed by atoms with van der Waals surface area (Å²) < 4.78 is 16.4. The predicted molar refractivity (Wildman–Crippen MR) is 141 cm³/mol. The van der Waals surface area contributed by atoms with Crippen molar-refractivity contribution in [3.63, 3.8) is 0 Å². The molecule has 1 heterocycles. The second kappa shape index (κ2) is 13.5. The third-order valence-electron chi connectivity index (χ3n) is 5.18. The molecule has 1 aliphatic rings. The zero-order chi connectivity index (χ0) is 26.8. The maximum absolute atomic E-state index is 12.7. The molecule has 2 aromatic carbocycles. The number of nitrogens with zero attached hydrogens (tertiary/aromatic N) is 1. The summed E-state index contributed by atoms with van der Waals surface area (Å²) in [6, 6.07) is 12.4. The van der Waals surface area contributed by atoms with Crippen molar-refractivity contribution in [3.05, 3.63) is 58.5 Å². The van der Waals surface area contributed by atoms with Gasteiger partial charge < -0.3 is 19.5 Å². The van der Waals surface area contributed by atoms with Gasteiger partial charge in [-0.05, 0) is 67.9 Å². The molecule has 0 bridgehead atoms. The van der Waals surface area contributed by atoms with Gasteiger partial charge in [0.1, 0.15) is 6.54 Å². The first kappa shape index (κ1) is 27.8. The maximum Gasteiger partial charge on any atom is 0.326 e. The summed E-state index contributed by atoms with van der Waals surface area (Å²) >= 11 is 0.752. The van der Waals surface area contributed by atoms with Crippen LogP contribution in [0.3, 0.4) is 0 Å². The molecule has 0 saturated carbocycles. The standard InChI is InChI=1S/C27H30N2O7S/c1-4-6-13-35-25(31)16-29-26(32)23(37-27(29)33)15-19-9-12-21(22(14-19)34-5-2)36-17-24(30)28-20-10-7-18(3)8-11-20/h7-12,14-15H,4-6,13,16-17H2,1-3H3,(H,28,30)/b23-15-. The molecule has 0 radical (unpaired) electrons. The van der Waals surface area contributed by atoms with E-state index in [0.717, 1.165) is 28.6 Å². The van der Waals surface area contributed by atoms with Crippen LogP contribution in [0.15, 0.2) is 47.4 Å². The van der Waals surface area contributed by atoms with Crippen LogP contribution in [0.25, 0.3) is 6.08 Å². The number of nitrogens with one attached hydrogen (secondary N) is 1. The van der Waals surface area contributed by atoms with Crippen molar-refractivity contribution in [2.75, 3.05) is 31.7 Å². The summed E-state index contributed by atoms with van der Waals surface area (Å²) in [5, 5.41) is 2.23. The van der Waals surface area contributed by atoms with E-state index in [4.69, 9.17) is 14.2 Å². The van der Waals surface area contributed by atoms with Gasteiger partial charge >= 0.3 is 5.97 Å². The van der Waals surface area contributed by atoms with E-state index in [2.05, 4.69) is 5.32 Å². The lowest BCUT2D eigenvalue weighted by molar-refractivity contribution is -0.146. The van der Waals surface area contributed by atoms with Crippen molar-refractivity contribution in [1.82, 2.24) is 4.90 Å². The van der Waals surface area contributed by atoms with E-state index in [0.29, 0.717) is 35.8 Å². The summed E-state index contributed by atoms with van der Waals surface area (Å²) in [5.74, 6) is -0.756. The molecule has 196 valence electrons. The number of imide groups is 1. The highest BCUT2D eigenvalue weighted by atomic mass is 32.2. The Balaban J connectivity index is 1.65. The second-order valence-corrected chi connectivity index (χ2v) is 9.18. The van der Waals surface area contributed by atoms with Gasteiger partial charge in [-0.2, -0.15) is 0 Å². The number of amides is 3. The van der Waals surface area contributed by atoms with Gasteiger partial charge in [0, 0.05) is 5.69 Å². The summed E-state index contributed by atoms with van der Waals surface area (Å²) in [5.41, 5.74) is 2.35. The fraction of sp³-hybridized carbons (Fsp3) is 0.333. The number of unbranched alkanes of at least 4 members (excludes halogenated alkanes) is 1. The molecule has 1 N–H and O–H groups in total. The van der Waals surface area contributed by atoms with Gasteiger partial charge in [-0.1, -0.05) is 37.1 Å². The molecule has 1 aliphatic heterocycles. The highest BCUT2D eigenvalue weighted by molar-refractivity contribution is 8.18. The van der Waals surface area contributed by atoms with Crippen molar-refractivity contribution in [2.45, 2.75) is 33.6 Å². The first-order valence-corrected chi connectivity index (χ1v) is 12.8. The topological polar surface area (TPSA) is 111 Å². The monoisotopic (exact) mass is 526 g/mol. The van der Waals surface area contributed by atoms with Gasteiger partial charge in [-0.3, -0.25) is 24.1 Å². The molecule has 2 aromatic rings. The molecule has 0 aromatic heterocycles. The van der Waals surface area contributed by atoms with Crippen LogP contribution in [0.1, 0.15) is 37.8 Å². The smallest absolute Gasteiger partial charge is 0.326 e. The largest absolute Gasteiger partial charge is 0.490 e. The first-order chi connectivity index (χ1) is 17.8. The fourth-order valence-corrected chi connectivity index (χ4v) is 4.11. The number of ether oxygens (including phenoxy) is 3. The third-order valence-corrected chi connectivity index (χ3v) is 6.09. The zero-order valence-electron chi connectivity index (χ0n) is 21.1. The highest BCUT2D eigenvalue weighted by Crippen LogP contribution is 2.34. The van der Waals surface area contributed by atoms with Crippen molar-refractivity contribution in [2.24, 2.45) is 0 Å². The molecule has 10 heteroatoms. The van der Waals surface area contributed by atoms with Crippen LogP contribution in [-0.4, -0.2) is 54.3 Å². The summed E-state index contributed by atoms with van der Waals surface area (Å²) in [6.45, 7) is 5.70. The zero-order valence-corrected chi connectivity index (χ0v) is 21.9. The number of rotatable bonds is 12. The van der Waals surface area contributed by atoms with E-state index < -0.39 is 23.7 Å². The van der Waals surface area contributed by atoms with Crippen LogP contribution >= 0.6 is 11.8 Å². The number of anilines is 1. The Bertz CT molecular complexity index is 1180. The molecule has 37 heavy (non-hydrogen) atoms. The minimum Gasteiger partial charge on any atom is -0.490 e. The average Bonchev–Trinajstić information content (AvgIpc) is 3.12. The van der Waals surface area contributed by atoms with E-state index in [-0.39, 0.29) is 24.0 Å². The molecule has 1 fully saturated rings. The first-order valence-electron chi connectivity index (χ1n) is 12.0. The minimum atomic E-state index is -0.622. The van der Waals surface area contributed by atoms with Crippen LogP contribution in [0.4, 0.5) is 10.5 Å². The number of esters is 1. The molecule has 0 aliphatic carbocycles. The summed E-state index contributed by atoms with van der Waals surface area (Å²) in [6.07, 6.45) is 3.13. The number of aryl methyl sites for hydroxylation is 1. The molecule has 9 nitrogen and oxygen atoms in total. The van der Waals surface area contributed by atoms with E-state index in [1.807, 2.05) is 45.0 Å². The molecule has 0 atom stereocenters. The van der Waals surface area contributed by atoms with E-state index in [1.165, 1.54) is 0 Å². The average molecular weight is 527 g/mol. The number of thioether (sulfide) groups is 1. The number of hydrogen-bond acceptors (Lipinski definition) is 8. The number of carbonyl (C=O) groups is 4. The minimum absolute atomic E-state index is 0.181. The SMILES string of the molecule is CCCCOC(=O)CN1C(=O)S/C(=C\c2ccc(OCC(=O)Nc3ccc(C)cc3)c(OCC)c2)C1=O. The van der Waals surface area contributed by atoms with Crippen LogP contribution < -0.4 is 14.8 Å². The lowest BCUT2D eigenvalue weighted by atomic mass is 10.2. The third kappa shape index (κ3) is 8.11. The lowest BCUT2D eigenvalue weighted by Gasteiger charge is -2.13. The van der Waals surface area contributed by atoms with Crippen molar-refractivity contribution in [3.8, 4) is 11.5 Å². The van der Waals surface area contributed by atoms with Crippen molar-refractivity contribution < 1.29 is 33.4 Å². The van der Waals surface area contributed by atoms with Crippen molar-refractivity contribution >= 4 is 46.5 Å². The Morgan fingerprint density at radius 3 is 2.49 bits per heavy atom. The van der Waals surface area contributed by atoms with Gasteiger partial charge in [0.15, 0.2) is 18.1 Å². The Morgan fingerprint density at radius 1 is 1.03 bits per heavy atom. The van der Waals surface area contributed by atoms with Crippen LogP contribution in [0.5, 0.6) is 11.5 Å². The van der Waals surface area contributed by atoms with Crippen molar-refractivity contribution in [1.29, 1.82) is 0 Å². The van der Waals surface area contributed by atoms with Crippen LogP contribution in [0.2, 0.25) is 0 Å². The second-order valence-electron chi connectivity index (χ2n) is 8.18. The maximum atomic E-state index is 12.7. The number of benzene rings is 2. The molecule has 0 spiro atoms. The quantitative estimate of drug-likeness (QED) is 0.239. The molecule has 1 saturated heterocycles. The van der Waals surface area contributed by atoms with Crippen LogP contribution in [0, 0.1) is 6.92 Å². The van der Waals surface area contributed by atoms with E-state index >= 15 is 0 Å². The molecule has 3 rings (SSSR count). The molecule has 0 unspecified atom stereocenters. The molecular formula is C27H30N2O7S. The number of hydrogen-bond donors (Lipinski definition) is 1. The lowest BCUT2D eigenvalue weighted by Crippen LogP contribution is -2.34. The van der Waals surface area contributed by atoms with Gasteiger partial charge in [0.25, 0.3) is 17.1 Å². The predicted octanol–water partition coefficient (Wildman–Crippen LogP) is 4.79.